The number of methoxy groups -OCH3 is 1. The van der Waals surface area contributed by atoms with Crippen LogP contribution in [0.25, 0.3) is 0 Å². The van der Waals surface area contributed by atoms with E-state index in [0.29, 0.717) is 12.4 Å². The van der Waals surface area contributed by atoms with Crippen molar-refractivity contribution < 1.29 is 4.74 Å². The van der Waals surface area contributed by atoms with Crippen LogP contribution in [0.5, 0.6) is 0 Å². The van der Waals surface area contributed by atoms with Crippen molar-refractivity contribution in [1.82, 2.24) is 9.97 Å². The van der Waals surface area contributed by atoms with E-state index >= 15 is 0 Å². The van der Waals surface area contributed by atoms with Gasteiger partial charge in [-0.2, -0.15) is 4.99 Å². The predicted molar refractivity (Wildman–Crippen MR) is 47.4 cm³/mol. The Morgan fingerprint density at radius 2 is 2.50 bits per heavy atom. The number of hydrogen-bond acceptors (Lipinski definition) is 5. The minimum absolute atomic E-state index is 0.447. The van der Waals surface area contributed by atoms with Gasteiger partial charge in [-0.15, -0.1) is 0 Å². The van der Waals surface area contributed by atoms with Crippen molar-refractivity contribution in [2.75, 3.05) is 7.11 Å². The van der Waals surface area contributed by atoms with Gasteiger partial charge in [0.25, 0.3) is 0 Å². The van der Waals surface area contributed by atoms with Gasteiger partial charge in [-0.25, -0.2) is 9.97 Å². The van der Waals surface area contributed by atoms with E-state index < -0.39 is 0 Å². The van der Waals surface area contributed by atoms with Crippen LogP contribution in [0.3, 0.4) is 0 Å². The van der Waals surface area contributed by atoms with E-state index in [1.54, 1.807) is 13.2 Å². The highest BCUT2D eigenvalue weighted by Gasteiger charge is 1.95. The Balaban J connectivity index is 2.87. The summed E-state index contributed by atoms with van der Waals surface area (Å²) in [6.07, 6.45) is 1.42. The molecule has 0 fully saturated rings. The largest absolute Gasteiger partial charge is 0.378 e. The monoisotopic (exact) mass is 181 g/mol. The molecule has 0 spiro atoms. The van der Waals surface area contributed by atoms with Crippen molar-refractivity contribution in [2.45, 2.75) is 6.61 Å². The molecule has 0 unspecified atom stereocenters. The van der Waals surface area contributed by atoms with Crippen LogP contribution in [0.1, 0.15) is 5.69 Å². The number of nitrogens with zero attached hydrogens (tertiary/aromatic N) is 3. The predicted octanol–water partition coefficient (Wildman–Crippen LogP) is 1.36. The van der Waals surface area contributed by atoms with Crippen molar-refractivity contribution in [1.29, 1.82) is 0 Å². The number of hydrogen-bond donors (Lipinski definition) is 0. The van der Waals surface area contributed by atoms with Crippen molar-refractivity contribution in [3.05, 3.63) is 18.1 Å². The van der Waals surface area contributed by atoms with Crippen molar-refractivity contribution in [3.63, 3.8) is 0 Å². The van der Waals surface area contributed by atoms with Crippen molar-refractivity contribution in [3.8, 4) is 0 Å². The zero-order valence-corrected chi connectivity index (χ0v) is 7.34. The number of isothiocyanates is 1. The molecule has 12 heavy (non-hydrogen) atoms. The Labute approximate surface area is 75.3 Å². The van der Waals surface area contributed by atoms with Gasteiger partial charge < -0.3 is 4.74 Å². The number of aliphatic imine (C=N–C) groups is 1. The summed E-state index contributed by atoms with van der Waals surface area (Å²) in [6.45, 7) is 0.447. The van der Waals surface area contributed by atoms with E-state index in [2.05, 4.69) is 32.3 Å². The summed E-state index contributed by atoms with van der Waals surface area (Å²) < 4.78 is 4.88. The first kappa shape index (κ1) is 8.93. The number of thiocarbonyl (C=S) groups is 1. The maximum atomic E-state index is 4.88. The smallest absolute Gasteiger partial charge is 0.166 e. The number of rotatable bonds is 3. The molecular weight excluding hydrogens is 174 g/mol. The summed E-state index contributed by atoms with van der Waals surface area (Å²) >= 11 is 4.43. The lowest BCUT2D eigenvalue weighted by molar-refractivity contribution is 0.181. The van der Waals surface area contributed by atoms with E-state index in [1.165, 1.54) is 6.33 Å². The number of ether oxygens (including phenoxy) is 1. The molecule has 0 aliphatic carbocycles. The molecule has 0 saturated heterocycles. The van der Waals surface area contributed by atoms with Gasteiger partial charge in [0, 0.05) is 13.2 Å². The summed E-state index contributed by atoms with van der Waals surface area (Å²) in [5, 5.41) is 2.23. The van der Waals surface area contributed by atoms with Crippen LogP contribution in [0.2, 0.25) is 0 Å². The van der Waals surface area contributed by atoms with Crippen LogP contribution < -0.4 is 0 Å². The summed E-state index contributed by atoms with van der Waals surface area (Å²) in [5.74, 6) is 0.507. The standard InChI is InChI=1S/C7H7N3OS/c1-11-3-6-2-7(10-5-12)9-4-8-6/h2,4H,3H2,1H3. The fourth-order valence-corrected chi connectivity index (χ4v) is 0.814. The molecular formula is C7H7N3OS. The highest BCUT2D eigenvalue weighted by Crippen LogP contribution is 2.06. The molecule has 0 atom stereocenters. The quantitative estimate of drug-likeness (QED) is 0.521. The summed E-state index contributed by atoms with van der Waals surface area (Å²) in [7, 11) is 1.60. The molecule has 0 radical (unpaired) electrons. The third kappa shape index (κ3) is 2.47. The first-order valence-electron chi connectivity index (χ1n) is 3.24. The Hall–Kier alpha value is -1.16. The van der Waals surface area contributed by atoms with E-state index in [0.717, 1.165) is 5.69 Å². The summed E-state index contributed by atoms with van der Waals surface area (Å²) in [4.78, 5) is 11.5. The van der Waals surface area contributed by atoms with E-state index in [9.17, 15) is 0 Å². The second-order valence-electron chi connectivity index (χ2n) is 2.00. The lowest BCUT2D eigenvalue weighted by atomic mass is 10.4. The lowest BCUT2D eigenvalue weighted by Gasteiger charge is -1.96. The van der Waals surface area contributed by atoms with Crippen LogP contribution >= 0.6 is 12.2 Å². The SMILES string of the molecule is COCc1cc(N=C=S)ncn1. The topological polar surface area (TPSA) is 47.4 Å². The molecule has 62 valence electrons. The molecule has 0 saturated carbocycles. The van der Waals surface area contributed by atoms with E-state index in [-0.39, 0.29) is 0 Å². The van der Waals surface area contributed by atoms with Gasteiger partial charge in [0.2, 0.25) is 0 Å². The van der Waals surface area contributed by atoms with Crippen LogP contribution in [0.15, 0.2) is 17.4 Å². The minimum atomic E-state index is 0.447. The molecule has 0 aliphatic rings. The second kappa shape index (κ2) is 4.66. The second-order valence-corrected chi connectivity index (χ2v) is 2.19. The van der Waals surface area contributed by atoms with Crippen LogP contribution in [0.4, 0.5) is 5.82 Å². The zero-order valence-electron chi connectivity index (χ0n) is 6.52. The highest BCUT2D eigenvalue weighted by molar-refractivity contribution is 7.78. The molecule has 1 rings (SSSR count). The Morgan fingerprint density at radius 1 is 1.67 bits per heavy atom. The van der Waals surface area contributed by atoms with Gasteiger partial charge in [-0.1, -0.05) is 0 Å². The van der Waals surface area contributed by atoms with Crippen LogP contribution in [-0.2, 0) is 11.3 Å². The first-order valence-corrected chi connectivity index (χ1v) is 3.65. The third-order valence-electron chi connectivity index (χ3n) is 1.16. The number of aromatic nitrogens is 2. The van der Waals surface area contributed by atoms with Crippen LogP contribution in [0, 0.1) is 0 Å². The molecule has 0 bridgehead atoms. The van der Waals surface area contributed by atoms with Gasteiger partial charge in [0.15, 0.2) is 5.82 Å². The normalized spacial score (nSPS) is 9.08. The Morgan fingerprint density at radius 3 is 3.17 bits per heavy atom. The van der Waals surface area contributed by atoms with E-state index in [4.69, 9.17) is 4.74 Å². The minimum Gasteiger partial charge on any atom is -0.378 e. The van der Waals surface area contributed by atoms with E-state index in [1.807, 2.05) is 0 Å². The molecule has 5 heteroatoms. The maximum Gasteiger partial charge on any atom is 0.166 e. The summed E-state index contributed by atoms with van der Waals surface area (Å²) in [5.41, 5.74) is 0.775. The lowest BCUT2D eigenvalue weighted by Crippen LogP contribution is -1.91. The van der Waals surface area contributed by atoms with Crippen LogP contribution in [-0.4, -0.2) is 22.2 Å². The van der Waals surface area contributed by atoms with Gasteiger partial charge >= 0.3 is 0 Å². The zero-order chi connectivity index (χ0) is 8.81. The molecule has 1 aromatic rings. The van der Waals surface area contributed by atoms with Gasteiger partial charge in [0.1, 0.15) is 6.33 Å². The molecule has 0 N–H and O–H groups in total. The highest BCUT2D eigenvalue weighted by atomic mass is 32.1. The fourth-order valence-electron chi connectivity index (χ4n) is 0.720. The van der Waals surface area contributed by atoms with Crippen molar-refractivity contribution in [2.24, 2.45) is 4.99 Å². The molecule has 0 aromatic carbocycles. The maximum absolute atomic E-state index is 4.88. The molecule has 4 nitrogen and oxygen atoms in total. The average molecular weight is 181 g/mol. The van der Waals surface area contributed by atoms with Gasteiger partial charge in [0.05, 0.1) is 17.5 Å². The third-order valence-corrected chi connectivity index (χ3v) is 1.25. The molecule has 1 aromatic heterocycles. The Bertz CT molecular complexity index is 309. The average Bonchev–Trinajstić information content (AvgIpc) is 2.06. The van der Waals surface area contributed by atoms with Gasteiger partial charge in [-0.05, 0) is 12.2 Å². The van der Waals surface area contributed by atoms with Gasteiger partial charge in [-0.3, -0.25) is 0 Å². The first-order chi connectivity index (χ1) is 5.86. The molecule has 0 amide bonds. The van der Waals surface area contributed by atoms with Crippen molar-refractivity contribution >= 4 is 23.2 Å². The summed E-state index contributed by atoms with van der Waals surface area (Å²) in [6, 6.07) is 1.70. The molecule has 1 heterocycles. The fraction of sp³-hybridized carbons (Fsp3) is 0.286. The Kier molecular flexibility index (Phi) is 3.47. The molecule has 0 aliphatic heterocycles.